The molecule has 2 heterocycles. The van der Waals surface area contributed by atoms with E-state index in [0.717, 1.165) is 19.3 Å². The second-order valence-electron chi connectivity index (χ2n) is 4.08. The molecule has 0 aliphatic rings. The van der Waals surface area contributed by atoms with E-state index < -0.39 is 0 Å². The highest BCUT2D eigenvalue weighted by Gasteiger charge is 2.14. The van der Waals surface area contributed by atoms with Crippen LogP contribution in [0, 0.1) is 3.57 Å². The van der Waals surface area contributed by atoms with Crippen molar-refractivity contribution in [2.75, 3.05) is 0 Å². The third-order valence-electron chi connectivity index (χ3n) is 2.35. The number of pyridine rings is 1. The minimum Gasteiger partial charge on any atom is -0.263 e. The van der Waals surface area contributed by atoms with E-state index in [9.17, 15) is 0 Å². The fraction of sp³-hybridized carbons (Fsp3) is 0.250. The van der Waals surface area contributed by atoms with Gasteiger partial charge in [0.15, 0.2) is 5.82 Å². The minimum atomic E-state index is 0.302. The summed E-state index contributed by atoms with van der Waals surface area (Å²) < 4.78 is 1.81. The number of hydrogen-bond acceptors (Lipinski definition) is 3. The lowest BCUT2D eigenvalue weighted by atomic mass is 10.1. The Kier molecular flexibility index (Phi) is 4.55. The molecule has 94 valence electrons. The largest absolute Gasteiger partial charge is 0.263 e. The lowest BCUT2D eigenvalue weighted by molar-refractivity contribution is 0.808. The Morgan fingerprint density at radius 1 is 1.28 bits per heavy atom. The van der Waals surface area contributed by atoms with Crippen LogP contribution >= 0.6 is 50.1 Å². The lowest BCUT2D eigenvalue weighted by Gasteiger charge is -2.10. The number of halogens is 3. The molecule has 0 bridgehead atoms. The summed E-state index contributed by atoms with van der Waals surface area (Å²) in [5, 5.41) is 0.490. The van der Waals surface area contributed by atoms with Gasteiger partial charge in [0.05, 0.1) is 9.26 Å². The van der Waals surface area contributed by atoms with E-state index in [1.807, 2.05) is 6.07 Å². The van der Waals surface area contributed by atoms with Gasteiger partial charge in [0, 0.05) is 22.4 Å². The van der Waals surface area contributed by atoms with E-state index in [-0.39, 0.29) is 0 Å². The van der Waals surface area contributed by atoms with Gasteiger partial charge in [-0.3, -0.25) is 4.98 Å². The van der Waals surface area contributed by atoms with E-state index in [4.69, 9.17) is 11.6 Å². The second kappa shape index (κ2) is 5.79. The Morgan fingerprint density at radius 3 is 2.61 bits per heavy atom. The Balaban J connectivity index is 2.59. The fourth-order valence-corrected chi connectivity index (χ4v) is 2.89. The second-order valence-corrected chi connectivity index (χ2v) is 6.44. The third kappa shape index (κ3) is 3.00. The molecule has 2 rings (SSSR count). The first kappa shape index (κ1) is 14.1. The number of hydrogen-bond donors (Lipinski definition) is 0. The zero-order chi connectivity index (χ0) is 13.3. The number of rotatable bonds is 2. The Hall–Kier alpha value is -0.270. The fourth-order valence-electron chi connectivity index (χ4n) is 1.48. The van der Waals surface area contributed by atoms with Crippen molar-refractivity contribution in [3.63, 3.8) is 0 Å². The highest BCUT2D eigenvalue weighted by atomic mass is 127. The SMILES string of the molecule is CC(C)c1nc(-c2cncc(Br)c2)nc(Cl)c1I. The maximum absolute atomic E-state index is 6.16. The van der Waals surface area contributed by atoms with E-state index in [1.54, 1.807) is 12.4 Å². The lowest BCUT2D eigenvalue weighted by Crippen LogP contribution is -2.02. The standard InChI is InChI=1S/C12H10BrClIN3/c1-6(2)10-9(15)11(14)18-12(17-10)7-3-8(13)5-16-4-7/h3-6H,1-2H3. The predicted molar refractivity (Wildman–Crippen MR) is 84.8 cm³/mol. The first-order chi connectivity index (χ1) is 8.49. The molecule has 0 unspecified atom stereocenters. The monoisotopic (exact) mass is 437 g/mol. The van der Waals surface area contributed by atoms with Crippen LogP contribution in [0.2, 0.25) is 5.15 Å². The van der Waals surface area contributed by atoms with Crippen molar-refractivity contribution in [2.45, 2.75) is 19.8 Å². The Morgan fingerprint density at radius 2 is 2.00 bits per heavy atom. The van der Waals surface area contributed by atoms with Gasteiger partial charge < -0.3 is 0 Å². The molecule has 2 aromatic heterocycles. The van der Waals surface area contributed by atoms with E-state index >= 15 is 0 Å². The highest BCUT2D eigenvalue weighted by molar-refractivity contribution is 14.1. The van der Waals surface area contributed by atoms with Crippen molar-refractivity contribution in [1.29, 1.82) is 0 Å². The third-order valence-corrected chi connectivity index (χ3v) is 4.44. The molecule has 0 atom stereocenters. The van der Waals surface area contributed by atoms with Crippen LogP contribution in [-0.2, 0) is 0 Å². The summed E-state index contributed by atoms with van der Waals surface area (Å²) in [6.45, 7) is 4.17. The van der Waals surface area contributed by atoms with Gasteiger partial charge in [0.25, 0.3) is 0 Å². The van der Waals surface area contributed by atoms with Gasteiger partial charge in [0.2, 0.25) is 0 Å². The van der Waals surface area contributed by atoms with Crippen LogP contribution in [0.3, 0.4) is 0 Å². The molecule has 0 saturated carbocycles. The molecule has 0 saturated heterocycles. The molecule has 0 radical (unpaired) electrons. The van der Waals surface area contributed by atoms with Gasteiger partial charge in [-0.1, -0.05) is 25.4 Å². The summed E-state index contributed by atoms with van der Waals surface area (Å²) in [5.74, 6) is 0.911. The van der Waals surface area contributed by atoms with Crippen LogP contribution < -0.4 is 0 Å². The van der Waals surface area contributed by atoms with Crippen molar-refractivity contribution < 1.29 is 0 Å². The molecular weight excluding hydrogens is 428 g/mol. The zero-order valence-electron chi connectivity index (χ0n) is 9.78. The molecule has 0 fully saturated rings. The van der Waals surface area contributed by atoms with E-state index in [0.29, 0.717) is 16.9 Å². The van der Waals surface area contributed by atoms with Crippen LogP contribution in [0.5, 0.6) is 0 Å². The maximum Gasteiger partial charge on any atom is 0.162 e. The summed E-state index contributed by atoms with van der Waals surface area (Å²) >= 11 is 11.7. The van der Waals surface area contributed by atoms with Crippen molar-refractivity contribution in [3.8, 4) is 11.4 Å². The molecule has 0 spiro atoms. The molecule has 3 nitrogen and oxygen atoms in total. The molecule has 0 aromatic carbocycles. The summed E-state index contributed by atoms with van der Waals surface area (Å²) in [6.07, 6.45) is 3.45. The van der Waals surface area contributed by atoms with Crippen molar-refractivity contribution in [1.82, 2.24) is 15.0 Å². The van der Waals surface area contributed by atoms with Gasteiger partial charge >= 0.3 is 0 Å². The summed E-state index contributed by atoms with van der Waals surface area (Å²) in [5.41, 5.74) is 1.81. The molecule has 0 aliphatic heterocycles. The smallest absolute Gasteiger partial charge is 0.162 e. The molecular formula is C12H10BrClIN3. The minimum absolute atomic E-state index is 0.302. The molecule has 18 heavy (non-hydrogen) atoms. The van der Waals surface area contributed by atoms with E-state index in [1.165, 1.54) is 0 Å². The quantitative estimate of drug-likeness (QED) is 0.505. The molecule has 0 amide bonds. The van der Waals surface area contributed by atoms with Crippen LogP contribution in [0.4, 0.5) is 0 Å². The van der Waals surface area contributed by atoms with E-state index in [2.05, 4.69) is 67.3 Å². The van der Waals surface area contributed by atoms with Gasteiger partial charge in [-0.25, -0.2) is 9.97 Å². The zero-order valence-corrected chi connectivity index (χ0v) is 14.3. The normalized spacial score (nSPS) is 11.0. The first-order valence-electron chi connectivity index (χ1n) is 5.33. The van der Waals surface area contributed by atoms with Gasteiger partial charge in [-0.2, -0.15) is 0 Å². The van der Waals surface area contributed by atoms with Gasteiger partial charge in [0.1, 0.15) is 5.15 Å². The Bertz CT molecular complexity index is 590. The van der Waals surface area contributed by atoms with Crippen molar-refractivity contribution in [3.05, 3.63) is 37.3 Å². The summed E-state index contributed by atoms with van der Waals surface area (Å²) in [6, 6.07) is 1.93. The molecule has 0 N–H and O–H groups in total. The average Bonchev–Trinajstić information content (AvgIpc) is 2.32. The van der Waals surface area contributed by atoms with Crippen molar-refractivity contribution >= 4 is 50.1 Å². The number of aromatic nitrogens is 3. The van der Waals surface area contributed by atoms with Crippen LogP contribution in [0.25, 0.3) is 11.4 Å². The van der Waals surface area contributed by atoms with Gasteiger partial charge in [-0.05, 0) is 50.5 Å². The predicted octanol–water partition coefficient (Wildman–Crippen LogP) is 4.68. The Labute approximate surface area is 133 Å². The van der Waals surface area contributed by atoms with Gasteiger partial charge in [-0.15, -0.1) is 0 Å². The molecule has 2 aromatic rings. The van der Waals surface area contributed by atoms with Crippen LogP contribution in [0.1, 0.15) is 25.5 Å². The van der Waals surface area contributed by atoms with Crippen molar-refractivity contribution in [2.24, 2.45) is 0 Å². The summed E-state index contributed by atoms with van der Waals surface area (Å²) in [7, 11) is 0. The van der Waals surface area contributed by atoms with Crippen LogP contribution in [-0.4, -0.2) is 15.0 Å². The van der Waals surface area contributed by atoms with Crippen LogP contribution in [0.15, 0.2) is 22.9 Å². The topological polar surface area (TPSA) is 38.7 Å². The first-order valence-corrected chi connectivity index (χ1v) is 7.58. The maximum atomic E-state index is 6.16. The number of nitrogens with zero attached hydrogens (tertiary/aromatic N) is 3. The highest BCUT2D eigenvalue weighted by Crippen LogP contribution is 2.28. The molecule has 0 aliphatic carbocycles. The summed E-state index contributed by atoms with van der Waals surface area (Å²) in [4.78, 5) is 13.0. The average molecular weight is 438 g/mol. The molecule has 6 heteroatoms.